The van der Waals surface area contributed by atoms with Gasteiger partial charge in [0.2, 0.25) is 0 Å². The highest BCUT2D eigenvalue weighted by molar-refractivity contribution is 7.78. The van der Waals surface area contributed by atoms with Crippen molar-refractivity contribution in [3.63, 3.8) is 0 Å². The maximum atomic E-state index is 6.01. The van der Waals surface area contributed by atoms with Gasteiger partial charge in [-0.15, -0.1) is 8.46 Å². The summed E-state index contributed by atoms with van der Waals surface area (Å²) in [5.41, 5.74) is 7.96. The van der Waals surface area contributed by atoms with Crippen molar-refractivity contribution in [3.8, 4) is 0 Å². The topological polar surface area (TPSA) is 26.0 Å². The third kappa shape index (κ3) is 2.96. The monoisotopic (exact) mass is 179 g/mol. The highest BCUT2D eigenvalue weighted by Gasteiger charge is 2.11. The average Bonchev–Trinajstić information content (AvgIpc) is 2.05. The molecule has 0 heterocycles. The fourth-order valence-electron chi connectivity index (χ4n) is 1.12. The van der Waals surface area contributed by atoms with E-state index in [-0.39, 0.29) is 6.57 Å². The average molecular weight is 179 g/mol. The highest BCUT2D eigenvalue weighted by Crippen LogP contribution is 2.18. The summed E-state index contributed by atoms with van der Waals surface area (Å²) < 4.78 is 0. The molecule has 1 unspecified atom stereocenters. The summed E-state index contributed by atoms with van der Waals surface area (Å²) in [7, 11) is 0.818. The van der Waals surface area contributed by atoms with E-state index in [2.05, 4.69) is 26.0 Å². The molecule has 1 rings (SSSR count). The first kappa shape index (κ1) is 9.76. The Labute approximate surface area is 76.6 Å². The summed E-state index contributed by atoms with van der Waals surface area (Å²) in [6.45, 7) is 4.65. The molecule has 0 saturated carbocycles. The molecule has 0 amide bonds. The van der Waals surface area contributed by atoms with E-state index in [0.29, 0.717) is 5.66 Å². The molecule has 1 aromatic rings. The predicted octanol–water partition coefficient (Wildman–Crippen LogP) is 1.43. The van der Waals surface area contributed by atoms with Crippen molar-refractivity contribution in [2.45, 2.75) is 19.5 Å². The molecule has 0 aliphatic rings. The van der Waals surface area contributed by atoms with Crippen LogP contribution in [-0.4, -0.2) is 12.2 Å². The molecule has 0 bridgehead atoms. The van der Waals surface area contributed by atoms with Gasteiger partial charge in [-0.2, -0.15) is 0 Å². The quantitative estimate of drug-likeness (QED) is 0.551. The lowest BCUT2D eigenvalue weighted by molar-refractivity contribution is 1.11. The van der Waals surface area contributed by atoms with E-state index >= 15 is 0 Å². The van der Waals surface area contributed by atoms with Crippen LogP contribution >= 0.6 is 8.46 Å². The summed E-state index contributed by atoms with van der Waals surface area (Å²) in [6, 6.07) is 10.3. The van der Waals surface area contributed by atoms with Crippen molar-refractivity contribution in [2.75, 3.05) is 0 Å². The van der Waals surface area contributed by atoms with E-state index in [1.165, 1.54) is 5.46 Å². The van der Waals surface area contributed by atoms with Gasteiger partial charge in [0, 0.05) is 0 Å². The number of hydrogen-bond donors (Lipinski definition) is 1. The SMILES string of the molecule is CC(C)PB(N)c1ccccc1. The smallest absolute Gasteiger partial charge is 0.278 e. The van der Waals surface area contributed by atoms with Gasteiger partial charge in [0.1, 0.15) is 0 Å². The Hall–Kier alpha value is -0.325. The van der Waals surface area contributed by atoms with Gasteiger partial charge >= 0.3 is 0 Å². The molecule has 64 valence electrons. The third-order valence-electron chi connectivity index (χ3n) is 1.67. The Kier molecular flexibility index (Phi) is 3.77. The molecule has 0 aliphatic heterocycles. The minimum atomic E-state index is 0.228. The van der Waals surface area contributed by atoms with Gasteiger partial charge in [-0.25, -0.2) is 0 Å². The van der Waals surface area contributed by atoms with Crippen LogP contribution in [0.4, 0.5) is 0 Å². The maximum absolute atomic E-state index is 6.01. The van der Waals surface area contributed by atoms with Crippen LogP contribution < -0.4 is 11.1 Å². The van der Waals surface area contributed by atoms with Gasteiger partial charge < -0.3 is 5.64 Å². The van der Waals surface area contributed by atoms with Crippen LogP contribution in [0.3, 0.4) is 0 Å². The zero-order valence-corrected chi connectivity index (χ0v) is 8.62. The van der Waals surface area contributed by atoms with Crippen LogP contribution in [0, 0.1) is 0 Å². The van der Waals surface area contributed by atoms with Gasteiger partial charge in [0.05, 0.1) is 0 Å². The molecule has 0 saturated heterocycles. The van der Waals surface area contributed by atoms with Crippen LogP contribution in [0.15, 0.2) is 30.3 Å². The lowest BCUT2D eigenvalue weighted by Gasteiger charge is -2.10. The van der Waals surface area contributed by atoms with Crippen LogP contribution in [0.2, 0.25) is 0 Å². The molecule has 2 N–H and O–H groups in total. The molecule has 0 aliphatic carbocycles. The molecule has 0 radical (unpaired) electrons. The molecule has 1 aromatic carbocycles. The Morgan fingerprint density at radius 3 is 2.33 bits per heavy atom. The Morgan fingerprint density at radius 2 is 1.83 bits per heavy atom. The lowest BCUT2D eigenvalue weighted by atomic mass is 9.83. The number of benzene rings is 1. The molecule has 0 fully saturated rings. The minimum Gasteiger partial charge on any atom is -0.362 e. The molecular formula is C9H15BNP. The number of hydrogen-bond acceptors (Lipinski definition) is 1. The van der Waals surface area contributed by atoms with E-state index < -0.39 is 0 Å². The standard InChI is InChI=1S/C9H15BNP/c1-8(2)12-10(11)9-6-4-3-5-7-9/h3-8,12H,11H2,1-2H3. The van der Waals surface area contributed by atoms with Gasteiger partial charge in [0.15, 0.2) is 0 Å². The van der Waals surface area contributed by atoms with Crippen molar-refractivity contribution in [2.24, 2.45) is 5.64 Å². The fraction of sp³-hybridized carbons (Fsp3) is 0.333. The van der Waals surface area contributed by atoms with Gasteiger partial charge in [-0.3, -0.25) is 0 Å². The van der Waals surface area contributed by atoms with Crippen molar-refractivity contribution < 1.29 is 0 Å². The Balaban J connectivity index is 2.59. The van der Waals surface area contributed by atoms with Crippen LogP contribution in [-0.2, 0) is 0 Å². The summed E-state index contributed by atoms with van der Waals surface area (Å²) in [6.07, 6.45) is 0. The third-order valence-corrected chi connectivity index (χ3v) is 3.03. The normalized spacial score (nSPS) is 11.3. The van der Waals surface area contributed by atoms with Crippen molar-refractivity contribution in [1.82, 2.24) is 0 Å². The van der Waals surface area contributed by atoms with Crippen molar-refractivity contribution in [1.29, 1.82) is 0 Å². The molecular weight excluding hydrogens is 164 g/mol. The Morgan fingerprint density at radius 1 is 1.25 bits per heavy atom. The molecule has 12 heavy (non-hydrogen) atoms. The first-order valence-corrected chi connectivity index (χ1v) is 5.42. The molecule has 0 aromatic heterocycles. The van der Waals surface area contributed by atoms with E-state index in [1.807, 2.05) is 18.2 Å². The summed E-state index contributed by atoms with van der Waals surface area (Å²) in [5.74, 6) is 0. The van der Waals surface area contributed by atoms with E-state index in [1.54, 1.807) is 0 Å². The second-order valence-electron chi connectivity index (χ2n) is 3.21. The van der Waals surface area contributed by atoms with Crippen molar-refractivity contribution in [3.05, 3.63) is 30.3 Å². The zero-order chi connectivity index (χ0) is 8.97. The molecule has 1 nitrogen and oxygen atoms in total. The highest BCUT2D eigenvalue weighted by atomic mass is 31.1. The van der Waals surface area contributed by atoms with E-state index in [0.717, 1.165) is 8.46 Å². The maximum Gasteiger partial charge on any atom is 0.278 e. The van der Waals surface area contributed by atoms with Crippen LogP contribution in [0.5, 0.6) is 0 Å². The number of nitrogens with two attached hydrogens (primary N) is 1. The number of rotatable bonds is 3. The Bertz CT molecular complexity index is 225. The van der Waals surface area contributed by atoms with E-state index in [9.17, 15) is 0 Å². The van der Waals surface area contributed by atoms with Gasteiger partial charge in [0.25, 0.3) is 6.57 Å². The molecule has 0 spiro atoms. The molecule has 1 atom stereocenters. The second kappa shape index (κ2) is 4.64. The first-order chi connectivity index (χ1) is 5.70. The van der Waals surface area contributed by atoms with Gasteiger partial charge in [-0.05, 0) is 5.66 Å². The summed E-state index contributed by atoms with van der Waals surface area (Å²) >= 11 is 0. The largest absolute Gasteiger partial charge is 0.362 e. The van der Waals surface area contributed by atoms with Crippen LogP contribution in [0.25, 0.3) is 0 Å². The van der Waals surface area contributed by atoms with Crippen LogP contribution in [0.1, 0.15) is 13.8 Å². The van der Waals surface area contributed by atoms with E-state index in [4.69, 9.17) is 5.64 Å². The summed E-state index contributed by atoms with van der Waals surface area (Å²) in [4.78, 5) is 0. The zero-order valence-electron chi connectivity index (χ0n) is 7.62. The van der Waals surface area contributed by atoms with Gasteiger partial charge in [-0.1, -0.05) is 49.6 Å². The lowest BCUT2D eigenvalue weighted by Crippen LogP contribution is -2.36. The summed E-state index contributed by atoms with van der Waals surface area (Å²) in [5, 5.41) is 0. The predicted molar refractivity (Wildman–Crippen MR) is 59.5 cm³/mol. The fourth-order valence-corrected chi connectivity index (χ4v) is 2.22. The first-order valence-electron chi connectivity index (χ1n) is 4.26. The minimum absolute atomic E-state index is 0.228. The molecule has 3 heteroatoms. The van der Waals surface area contributed by atoms with Crippen molar-refractivity contribution >= 4 is 20.5 Å². The second-order valence-corrected chi connectivity index (χ2v) is 5.32.